The summed E-state index contributed by atoms with van der Waals surface area (Å²) in [5.41, 5.74) is 3.77. The van der Waals surface area contributed by atoms with Gasteiger partial charge in [-0.1, -0.05) is 23.8 Å². The third-order valence-electron chi connectivity index (χ3n) is 4.78. The maximum absolute atomic E-state index is 12.7. The van der Waals surface area contributed by atoms with Gasteiger partial charge in [0.25, 0.3) is 5.91 Å². The van der Waals surface area contributed by atoms with Crippen molar-refractivity contribution in [1.82, 2.24) is 0 Å². The van der Waals surface area contributed by atoms with E-state index in [2.05, 4.69) is 5.32 Å². The topological polar surface area (TPSA) is 85.6 Å². The minimum Gasteiger partial charge on any atom is -0.459 e. The number of rotatable bonds is 6. The Bertz CT molecular complexity index is 1100. The zero-order chi connectivity index (χ0) is 21.8. The third kappa shape index (κ3) is 4.66. The highest BCUT2D eigenvalue weighted by Gasteiger charge is 2.22. The minimum atomic E-state index is -0.944. The van der Waals surface area contributed by atoms with Gasteiger partial charge in [0.1, 0.15) is 0 Å². The molecule has 0 saturated carbocycles. The standard InChI is InChI=1S/C24H23NO5/c1-14-7-8-15(2)19(12-14)22(26)17(4)30-24(28)18-10-9-16(3)20(13-18)25-23(27)21-6-5-11-29-21/h5-13,17H,1-4H3,(H,25,27)/t17-/m0/s1. The molecule has 1 atom stereocenters. The summed E-state index contributed by atoms with van der Waals surface area (Å²) in [6.07, 6.45) is 0.463. The van der Waals surface area contributed by atoms with Crippen LogP contribution in [-0.4, -0.2) is 23.8 Å². The van der Waals surface area contributed by atoms with Gasteiger partial charge in [0, 0.05) is 11.3 Å². The highest BCUT2D eigenvalue weighted by molar-refractivity contribution is 6.04. The molecule has 1 heterocycles. The number of Topliss-reactive ketones (excluding diaryl/α,β-unsaturated/α-hetero) is 1. The summed E-state index contributed by atoms with van der Waals surface area (Å²) in [6.45, 7) is 7.10. The number of benzene rings is 2. The lowest BCUT2D eigenvalue weighted by atomic mass is 9.99. The summed E-state index contributed by atoms with van der Waals surface area (Å²) in [6, 6.07) is 13.6. The molecule has 1 N–H and O–H groups in total. The Morgan fingerprint density at radius 3 is 2.40 bits per heavy atom. The summed E-state index contributed by atoms with van der Waals surface area (Å²) in [5.74, 6) is -1.17. The van der Waals surface area contributed by atoms with E-state index in [1.807, 2.05) is 26.0 Å². The molecule has 0 radical (unpaired) electrons. The molecule has 0 aliphatic carbocycles. The van der Waals surface area contributed by atoms with E-state index in [1.54, 1.807) is 44.2 Å². The Hall–Kier alpha value is -3.67. The molecule has 0 aliphatic rings. The van der Waals surface area contributed by atoms with Gasteiger partial charge in [-0.25, -0.2) is 4.79 Å². The predicted molar refractivity (Wildman–Crippen MR) is 113 cm³/mol. The molecule has 0 fully saturated rings. The van der Waals surface area contributed by atoms with Crippen LogP contribution in [0.3, 0.4) is 0 Å². The van der Waals surface area contributed by atoms with E-state index in [1.165, 1.54) is 12.3 Å². The van der Waals surface area contributed by atoms with Gasteiger partial charge in [-0.2, -0.15) is 0 Å². The normalized spacial score (nSPS) is 11.6. The first-order chi connectivity index (χ1) is 14.3. The average molecular weight is 405 g/mol. The Kier molecular flexibility index (Phi) is 6.16. The van der Waals surface area contributed by atoms with Gasteiger partial charge in [0.15, 0.2) is 11.9 Å². The van der Waals surface area contributed by atoms with Crippen LogP contribution in [0, 0.1) is 20.8 Å². The predicted octanol–water partition coefficient (Wildman–Crippen LogP) is 4.89. The van der Waals surface area contributed by atoms with Gasteiger partial charge in [0.2, 0.25) is 5.78 Å². The van der Waals surface area contributed by atoms with Crippen LogP contribution in [0.5, 0.6) is 0 Å². The molecule has 30 heavy (non-hydrogen) atoms. The molecule has 6 heteroatoms. The van der Waals surface area contributed by atoms with Crippen molar-refractivity contribution < 1.29 is 23.5 Å². The molecule has 0 unspecified atom stereocenters. The highest BCUT2D eigenvalue weighted by atomic mass is 16.5. The fraction of sp³-hybridized carbons (Fsp3) is 0.208. The summed E-state index contributed by atoms with van der Waals surface area (Å²) < 4.78 is 10.5. The van der Waals surface area contributed by atoms with E-state index in [0.29, 0.717) is 11.3 Å². The molecule has 3 aromatic rings. The lowest BCUT2D eigenvalue weighted by Crippen LogP contribution is -2.25. The number of hydrogen-bond donors (Lipinski definition) is 1. The summed E-state index contributed by atoms with van der Waals surface area (Å²) in [7, 11) is 0. The zero-order valence-electron chi connectivity index (χ0n) is 17.3. The number of furan rings is 1. The Balaban J connectivity index is 1.74. The van der Waals surface area contributed by atoms with E-state index < -0.39 is 18.0 Å². The monoisotopic (exact) mass is 405 g/mol. The maximum Gasteiger partial charge on any atom is 0.338 e. The quantitative estimate of drug-likeness (QED) is 0.466. The first kappa shape index (κ1) is 21.0. The van der Waals surface area contributed by atoms with E-state index >= 15 is 0 Å². The highest BCUT2D eigenvalue weighted by Crippen LogP contribution is 2.20. The second-order valence-electron chi connectivity index (χ2n) is 7.19. The van der Waals surface area contributed by atoms with Crippen LogP contribution in [0.4, 0.5) is 5.69 Å². The fourth-order valence-corrected chi connectivity index (χ4v) is 2.98. The number of carbonyl (C=O) groups excluding carboxylic acids is 3. The van der Waals surface area contributed by atoms with Gasteiger partial charge < -0.3 is 14.5 Å². The van der Waals surface area contributed by atoms with Crippen molar-refractivity contribution in [3.8, 4) is 0 Å². The number of ether oxygens (including phenoxy) is 1. The largest absolute Gasteiger partial charge is 0.459 e. The molecule has 6 nitrogen and oxygen atoms in total. The van der Waals surface area contributed by atoms with Crippen molar-refractivity contribution in [1.29, 1.82) is 0 Å². The van der Waals surface area contributed by atoms with Gasteiger partial charge in [-0.15, -0.1) is 0 Å². The number of nitrogens with one attached hydrogen (secondary N) is 1. The smallest absolute Gasteiger partial charge is 0.338 e. The van der Waals surface area contributed by atoms with Crippen LogP contribution < -0.4 is 5.32 Å². The summed E-state index contributed by atoms with van der Waals surface area (Å²) in [4.78, 5) is 37.6. The van der Waals surface area contributed by atoms with Crippen molar-refractivity contribution in [3.05, 3.63) is 88.4 Å². The van der Waals surface area contributed by atoms with Crippen molar-refractivity contribution in [2.75, 3.05) is 5.32 Å². The van der Waals surface area contributed by atoms with Crippen LogP contribution >= 0.6 is 0 Å². The molecule has 2 aromatic carbocycles. The molecule has 0 aliphatic heterocycles. The number of ketones is 1. The number of esters is 1. The van der Waals surface area contributed by atoms with Gasteiger partial charge >= 0.3 is 5.97 Å². The maximum atomic E-state index is 12.7. The summed E-state index contributed by atoms with van der Waals surface area (Å²) >= 11 is 0. The Labute approximate surface area is 174 Å². The van der Waals surface area contributed by atoms with Crippen LogP contribution in [0.1, 0.15) is 54.9 Å². The average Bonchev–Trinajstić information content (AvgIpc) is 3.25. The van der Waals surface area contributed by atoms with Crippen molar-refractivity contribution >= 4 is 23.3 Å². The van der Waals surface area contributed by atoms with E-state index in [4.69, 9.17) is 9.15 Å². The Morgan fingerprint density at radius 2 is 1.70 bits per heavy atom. The molecule has 1 aromatic heterocycles. The molecule has 3 rings (SSSR count). The molecule has 0 spiro atoms. The molecule has 154 valence electrons. The van der Waals surface area contributed by atoms with Gasteiger partial charge in [0.05, 0.1) is 11.8 Å². The van der Waals surface area contributed by atoms with E-state index in [9.17, 15) is 14.4 Å². The van der Waals surface area contributed by atoms with Gasteiger partial charge in [-0.05, 0) is 69.2 Å². The van der Waals surface area contributed by atoms with Crippen LogP contribution in [0.25, 0.3) is 0 Å². The summed E-state index contributed by atoms with van der Waals surface area (Å²) in [5, 5.41) is 2.72. The van der Waals surface area contributed by atoms with Crippen LogP contribution in [0.15, 0.2) is 59.2 Å². The number of hydrogen-bond acceptors (Lipinski definition) is 5. The lowest BCUT2D eigenvalue weighted by molar-refractivity contribution is 0.0318. The van der Waals surface area contributed by atoms with Gasteiger partial charge in [-0.3, -0.25) is 9.59 Å². The molecule has 0 saturated heterocycles. The van der Waals surface area contributed by atoms with Crippen LogP contribution in [0.2, 0.25) is 0 Å². The first-order valence-corrected chi connectivity index (χ1v) is 9.54. The third-order valence-corrected chi connectivity index (χ3v) is 4.78. The zero-order valence-corrected chi connectivity index (χ0v) is 17.3. The van der Waals surface area contributed by atoms with Crippen LogP contribution in [-0.2, 0) is 4.74 Å². The van der Waals surface area contributed by atoms with Crippen molar-refractivity contribution in [2.45, 2.75) is 33.8 Å². The number of carbonyl (C=O) groups is 3. The minimum absolute atomic E-state index is 0.162. The number of aryl methyl sites for hydroxylation is 3. The molecular formula is C24H23NO5. The number of amides is 1. The van der Waals surface area contributed by atoms with E-state index in [-0.39, 0.29) is 17.1 Å². The van der Waals surface area contributed by atoms with Crippen molar-refractivity contribution in [2.24, 2.45) is 0 Å². The number of anilines is 1. The fourth-order valence-electron chi connectivity index (χ4n) is 2.98. The van der Waals surface area contributed by atoms with Crippen molar-refractivity contribution in [3.63, 3.8) is 0 Å². The lowest BCUT2D eigenvalue weighted by Gasteiger charge is -2.15. The Morgan fingerprint density at radius 1 is 0.967 bits per heavy atom. The first-order valence-electron chi connectivity index (χ1n) is 9.54. The van der Waals surface area contributed by atoms with E-state index in [0.717, 1.165) is 16.7 Å². The SMILES string of the molecule is Cc1ccc(C)c(C(=O)[C@H](C)OC(=O)c2ccc(C)c(NC(=O)c3ccco3)c2)c1. The second kappa shape index (κ2) is 8.78. The molecular weight excluding hydrogens is 382 g/mol. The second-order valence-corrected chi connectivity index (χ2v) is 7.19. The molecule has 0 bridgehead atoms. The molecule has 1 amide bonds.